The molecule has 1 aromatic heterocycles. The number of aryl methyl sites for hydroxylation is 1. The first-order valence-corrected chi connectivity index (χ1v) is 8.08. The number of aliphatic hydroxyl groups is 1. The van der Waals surface area contributed by atoms with Crippen molar-refractivity contribution >= 4 is 0 Å². The normalized spacial score (nSPS) is 39.3. The minimum absolute atomic E-state index is 0.119. The van der Waals surface area contributed by atoms with E-state index < -0.39 is 5.60 Å². The quantitative estimate of drug-likeness (QED) is 0.845. The molecule has 0 radical (unpaired) electrons. The minimum Gasteiger partial charge on any atom is -0.389 e. The Morgan fingerprint density at radius 2 is 2.18 bits per heavy atom. The van der Waals surface area contributed by atoms with Gasteiger partial charge in [-0.15, -0.1) is 0 Å². The average molecular weight is 309 g/mol. The maximum Gasteiger partial charge on any atom is 0.240 e. The molecule has 3 aliphatic rings. The summed E-state index contributed by atoms with van der Waals surface area (Å²) in [7, 11) is 0. The topological polar surface area (TPSA) is 80.9 Å². The second-order valence-corrected chi connectivity index (χ2v) is 6.72. The van der Waals surface area contributed by atoms with Crippen LogP contribution in [0.4, 0.5) is 0 Å². The first kappa shape index (κ1) is 14.6. The number of nitrogens with zero attached hydrogens (tertiary/aromatic N) is 3. The van der Waals surface area contributed by atoms with Gasteiger partial charge >= 0.3 is 0 Å². The van der Waals surface area contributed by atoms with Crippen LogP contribution in [0, 0.1) is 18.8 Å². The van der Waals surface area contributed by atoms with Gasteiger partial charge in [-0.3, -0.25) is 4.90 Å². The van der Waals surface area contributed by atoms with Crippen LogP contribution >= 0.6 is 0 Å². The molecule has 0 aliphatic carbocycles. The highest BCUT2D eigenvalue weighted by atomic mass is 16.5. The van der Waals surface area contributed by atoms with Crippen LogP contribution in [0.3, 0.4) is 0 Å². The zero-order valence-corrected chi connectivity index (χ0v) is 12.9. The van der Waals surface area contributed by atoms with Crippen LogP contribution in [0.15, 0.2) is 4.52 Å². The fourth-order valence-corrected chi connectivity index (χ4v) is 4.33. The Hall–Kier alpha value is -1.02. The van der Waals surface area contributed by atoms with Crippen molar-refractivity contribution < 1.29 is 19.1 Å². The lowest BCUT2D eigenvalue weighted by Gasteiger charge is -2.57. The lowest BCUT2D eigenvalue weighted by molar-refractivity contribution is -0.222. The van der Waals surface area contributed by atoms with Crippen molar-refractivity contribution in [3.8, 4) is 0 Å². The van der Waals surface area contributed by atoms with Crippen LogP contribution in [-0.4, -0.2) is 64.8 Å². The fraction of sp³-hybridized carbons (Fsp3) is 0.867. The Balaban J connectivity index is 1.59. The number of ether oxygens (including phenoxy) is 2. The number of likely N-dealkylation sites (tertiary alicyclic amines) is 1. The van der Waals surface area contributed by atoms with E-state index in [1.807, 2.05) is 6.92 Å². The monoisotopic (exact) mass is 309 g/mol. The fourth-order valence-electron chi connectivity index (χ4n) is 4.33. The zero-order chi connectivity index (χ0) is 15.2. The highest BCUT2D eigenvalue weighted by molar-refractivity contribution is 5.06. The van der Waals surface area contributed by atoms with Gasteiger partial charge in [0.1, 0.15) is 0 Å². The number of hydrogen-bond acceptors (Lipinski definition) is 7. The summed E-state index contributed by atoms with van der Waals surface area (Å²) in [4.78, 5) is 6.69. The molecule has 3 saturated heterocycles. The second-order valence-electron chi connectivity index (χ2n) is 6.72. The summed E-state index contributed by atoms with van der Waals surface area (Å²) >= 11 is 0. The van der Waals surface area contributed by atoms with E-state index in [0.29, 0.717) is 50.5 Å². The number of fused-ring (bicyclic) bond motifs is 3. The van der Waals surface area contributed by atoms with Crippen molar-refractivity contribution in [1.29, 1.82) is 0 Å². The summed E-state index contributed by atoms with van der Waals surface area (Å²) in [5.41, 5.74) is -0.662. The first-order chi connectivity index (χ1) is 10.7. The molecule has 4 rings (SSSR count). The first-order valence-electron chi connectivity index (χ1n) is 8.08. The van der Waals surface area contributed by atoms with E-state index >= 15 is 0 Å². The maximum atomic E-state index is 11.2. The Bertz CT molecular complexity index is 537. The summed E-state index contributed by atoms with van der Waals surface area (Å²) in [6.07, 6.45) is 1.64. The van der Waals surface area contributed by atoms with Crippen LogP contribution in [0.5, 0.6) is 0 Å². The third kappa shape index (κ3) is 2.36. The molecule has 0 bridgehead atoms. The average Bonchev–Trinajstić information content (AvgIpc) is 2.94. The number of aromatic nitrogens is 2. The Labute approximate surface area is 129 Å². The second kappa shape index (κ2) is 5.56. The molecule has 1 N–H and O–H groups in total. The van der Waals surface area contributed by atoms with E-state index in [9.17, 15) is 5.11 Å². The number of piperidine rings is 1. The molecule has 7 heteroatoms. The predicted octanol–water partition coefficient (Wildman–Crippen LogP) is 0.366. The highest BCUT2D eigenvalue weighted by Gasteiger charge is 2.55. The van der Waals surface area contributed by atoms with Crippen LogP contribution in [0.1, 0.15) is 24.6 Å². The van der Waals surface area contributed by atoms with Crippen molar-refractivity contribution in [3.05, 3.63) is 11.7 Å². The third-order valence-corrected chi connectivity index (χ3v) is 5.47. The van der Waals surface area contributed by atoms with Gasteiger partial charge in [0.05, 0.1) is 25.4 Å². The standard InChI is InChI=1S/C15H23N3O4/c1-10-16-14(22-17-10)7-18-6-11-8-21-5-3-15(11,19)12-9-20-4-2-13(12)18/h11-13,19H,2-9H2,1H3/t11-,12+,13-,15-/m1/s1. The molecule has 4 atom stereocenters. The maximum absolute atomic E-state index is 11.2. The molecule has 22 heavy (non-hydrogen) atoms. The van der Waals surface area contributed by atoms with E-state index in [2.05, 4.69) is 15.0 Å². The van der Waals surface area contributed by atoms with Gasteiger partial charge in [0.25, 0.3) is 0 Å². The molecule has 7 nitrogen and oxygen atoms in total. The molecule has 1 aromatic rings. The van der Waals surface area contributed by atoms with Crippen molar-refractivity contribution in [3.63, 3.8) is 0 Å². The van der Waals surface area contributed by atoms with E-state index in [4.69, 9.17) is 14.0 Å². The van der Waals surface area contributed by atoms with Crippen LogP contribution in [0.25, 0.3) is 0 Å². The van der Waals surface area contributed by atoms with E-state index in [0.717, 1.165) is 19.6 Å². The summed E-state index contributed by atoms with van der Waals surface area (Å²) in [6, 6.07) is 0.306. The van der Waals surface area contributed by atoms with Gasteiger partial charge in [0.15, 0.2) is 5.82 Å². The summed E-state index contributed by atoms with van der Waals surface area (Å²) in [5.74, 6) is 1.55. The molecule has 122 valence electrons. The summed E-state index contributed by atoms with van der Waals surface area (Å²) < 4.78 is 16.6. The van der Waals surface area contributed by atoms with Crippen LogP contribution in [-0.2, 0) is 16.0 Å². The van der Waals surface area contributed by atoms with Crippen molar-refractivity contribution in [2.45, 2.75) is 38.0 Å². The van der Waals surface area contributed by atoms with Crippen molar-refractivity contribution in [2.75, 3.05) is 33.0 Å². The number of rotatable bonds is 2. The lowest BCUT2D eigenvalue weighted by Crippen LogP contribution is -2.67. The largest absolute Gasteiger partial charge is 0.389 e. The van der Waals surface area contributed by atoms with Crippen molar-refractivity contribution in [1.82, 2.24) is 15.0 Å². The third-order valence-electron chi connectivity index (χ3n) is 5.47. The van der Waals surface area contributed by atoms with Crippen LogP contribution in [0.2, 0.25) is 0 Å². The Morgan fingerprint density at radius 1 is 1.32 bits per heavy atom. The van der Waals surface area contributed by atoms with Gasteiger partial charge in [-0.1, -0.05) is 5.16 Å². The molecular weight excluding hydrogens is 286 g/mol. The van der Waals surface area contributed by atoms with Gasteiger partial charge in [-0.25, -0.2) is 0 Å². The molecule has 4 heterocycles. The summed E-state index contributed by atoms with van der Waals surface area (Å²) in [5, 5.41) is 15.1. The summed E-state index contributed by atoms with van der Waals surface area (Å²) in [6.45, 7) is 5.88. The molecule has 0 amide bonds. The van der Waals surface area contributed by atoms with Crippen molar-refractivity contribution in [2.24, 2.45) is 11.8 Å². The van der Waals surface area contributed by atoms with E-state index in [-0.39, 0.29) is 11.8 Å². The number of hydrogen-bond donors (Lipinski definition) is 1. The molecule has 3 fully saturated rings. The SMILES string of the molecule is Cc1noc(CN2C[C@@H]3COCC[C@]3(O)[C@H]3COCC[C@H]32)n1. The van der Waals surface area contributed by atoms with Gasteiger partial charge in [0, 0.05) is 44.1 Å². The van der Waals surface area contributed by atoms with E-state index in [1.54, 1.807) is 0 Å². The Kier molecular flexibility index (Phi) is 3.68. The molecule has 0 saturated carbocycles. The molecule has 0 unspecified atom stereocenters. The zero-order valence-electron chi connectivity index (χ0n) is 12.9. The van der Waals surface area contributed by atoms with Gasteiger partial charge < -0.3 is 19.1 Å². The van der Waals surface area contributed by atoms with E-state index in [1.165, 1.54) is 0 Å². The predicted molar refractivity (Wildman–Crippen MR) is 76.0 cm³/mol. The molecule has 0 spiro atoms. The van der Waals surface area contributed by atoms with Gasteiger partial charge in [-0.05, 0) is 13.3 Å². The molecule has 0 aromatic carbocycles. The molecule has 3 aliphatic heterocycles. The highest BCUT2D eigenvalue weighted by Crippen LogP contribution is 2.44. The van der Waals surface area contributed by atoms with Crippen LogP contribution < -0.4 is 0 Å². The Morgan fingerprint density at radius 3 is 3.00 bits per heavy atom. The minimum atomic E-state index is -0.662. The molecular formula is C15H23N3O4. The lowest BCUT2D eigenvalue weighted by atomic mass is 9.66. The smallest absolute Gasteiger partial charge is 0.240 e. The van der Waals surface area contributed by atoms with Gasteiger partial charge in [-0.2, -0.15) is 4.98 Å². The van der Waals surface area contributed by atoms with Gasteiger partial charge in [0.2, 0.25) is 5.89 Å².